The zero-order valence-electron chi connectivity index (χ0n) is 23.2. The molecule has 216 valence electrons. The van der Waals surface area contributed by atoms with E-state index < -0.39 is 23.6 Å². The minimum Gasteiger partial charge on any atom is -0.508 e. The Morgan fingerprint density at radius 3 is 2.17 bits per heavy atom. The Morgan fingerprint density at radius 1 is 0.881 bits per heavy atom. The number of aliphatic hydroxyl groups is 1. The fourth-order valence-corrected chi connectivity index (χ4v) is 4.72. The molecule has 4 aromatic rings. The van der Waals surface area contributed by atoms with Crippen LogP contribution in [0.5, 0.6) is 28.7 Å². The van der Waals surface area contributed by atoms with Gasteiger partial charge in [-0.15, -0.1) is 0 Å². The number of aliphatic hydroxyl groups excluding tert-OH is 1. The van der Waals surface area contributed by atoms with E-state index in [0.717, 1.165) is 12.0 Å². The molecule has 2 atom stereocenters. The smallest absolute Gasteiger partial charge is 0.193 e. The van der Waals surface area contributed by atoms with Gasteiger partial charge in [-0.1, -0.05) is 72.8 Å². The van der Waals surface area contributed by atoms with E-state index in [1.807, 2.05) is 30.3 Å². The molecule has 0 saturated heterocycles. The van der Waals surface area contributed by atoms with Crippen molar-refractivity contribution in [3.05, 3.63) is 131 Å². The van der Waals surface area contributed by atoms with Crippen LogP contribution in [0.25, 0.3) is 6.08 Å². The molecule has 0 radical (unpaired) electrons. The number of phenols is 4. The van der Waals surface area contributed by atoms with Gasteiger partial charge in [0.1, 0.15) is 34.3 Å². The van der Waals surface area contributed by atoms with Gasteiger partial charge in [-0.25, -0.2) is 0 Å². The molecule has 0 aliphatic carbocycles. The number of ketones is 1. The summed E-state index contributed by atoms with van der Waals surface area (Å²) in [7, 11) is 1.34. The SMILES string of the molecule is COc1cc(O)c([C@H](/C=C/C[C@@H](O)CCc2ccccc2)c2ccc(O)cc2)c(O)c1C(=O)/C=C\c1ccc(O)cc1. The maximum absolute atomic E-state index is 13.3. The van der Waals surface area contributed by atoms with Gasteiger partial charge in [-0.05, 0) is 66.3 Å². The quantitative estimate of drug-likeness (QED) is 0.0754. The summed E-state index contributed by atoms with van der Waals surface area (Å²) in [6, 6.07) is 23.7. The summed E-state index contributed by atoms with van der Waals surface area (Å²) in [5.41, 5.74) is 2.39. The highest BCUT2D eigenvalue weighted by molar-refractivity contribution is 6.11. The van der Waals surface area contributed by atoms with Crippen LogP contribution in [-0.2, 0) is 6.42 Å². The van der Waals surface area contributed by atoms with Crippen LogP contribution in [-0.4, -0.2) is 44.5 Å². The molecule has 0 amide bonds. The summed E-state index contributed by atoms with van der Waals surface area (Å²) >= 11 is 0. The molecule has 7 nitrogen and oxygen atoms in total. The molecule has 0 fully saturated rings. The second-order valence-electron chi connectivity index (χ2n) is 9.94. The van der Waals surface area contributed by atoms with E-state index in [1.165, 1.54) is 43.5 Å². The van der Waals surface area contributed by atoms with E-state index in [0.29, 0.717) is 24.0 Å². The predicted octanol–water partition coefficient (Wildman–Crippen LogP) is 6.49. The Kier molecular flexibility index (Phi) is 10.0. The first-order valence-corrected chi connectivity index (χ1v) is 13.6. The maximum Gasteiger partial charge on any atom is 0.193 e. The molecule has 0 aliphatic rings. The lowest BCUT2D eigenvalue weighted by molar-refractivity contribution is 0.104. The second kappa shape index (κ2) is 14.1. The number of phenolic OH excluding ortho intramolecular Hbond substituents is 4. The number of carbonyl (C=O) groups excluding carboxylic acids is 1. The van der Waals surface area contributed by atoms with Gasteiger partial charge in [0, 0.05) is 17.5 Å². The van der Waals surface area contributed by atoms with E-state index in [2.05, 4.69) is 0 Å². The van der Waals surface area contributed by atoms with Crippen molar-refractivity contribution in [2.75, 3.05) is 7.11 Å². The minimum atomic E-state index is -0.717. The minimum absolute atomic E-state index is 0.00104. The third kappa shape index (κ3) is 7.59. The van der Waals surface area contributed by atoms with Crippen LogP contribution in [0, 0.1) is 0 Å². The van der Waals surface area contributed by atoms with Crippen molar-refractivity contribution in [1.82, 2.24) is 0 Å². The number of allylic oxidation sites excluding steroid dienone is 2. The van der Waals surface area contributed by atoms with Gasteiger partial charge in [0.15, 0.2) is 5.78 Å². The van der Waals surface area contributed by atoms with E-state index >= 15 is 0 Å². The lowest BCUT2D eigenvalue weighted by Crippen LogP contribution is -2.08. The summed E-state index contributed by atoms with van der Waals surface area (Å²) in [4.78, 5) is 13.3. The van der Waals surface area contributed by atoms with E-state index in [-0.39, 0.29) is 34.1 Å². The van der Waals surface area contributed by atoms with Gasteiger partial charge < -0.3 is 30.3 Å². The van der Waals surface area contributed by atoms with Crippen LogP contribution in [0.15, 0.2) is 103 Å². The number of hydrogen-bond acceptors (Lipinski definition) is 7. The van der Waals surface area contributed by atoms with Crippen molar-refractivity contribution >= 4 is 11.9 Å². The fourth-order valence-electron chi connectivity index (χ4n) is 4.72. The fraction of sp³-hybridized carbons (Fsp3) is 0.171. The molecular formula is C35H34O7. The molecule has 7 heteroatoms. The number of benzene rings is 4. The first-order chi connectivity index (χ1) is 20.3. The Hall–Kier alpha value is -5.01. The zero-order valence-corrected chi connectivity index (χ0v) is 23.2. The predicted molar refractivity (Wildman–Crippen MR) is 162 cm³/mol. The number of carbonyl (C=O) groups is 1. The molecule has 0 aromatic heterocycles. The summed E-state index contributed by atoms with van der Waals surface area (Å²) in [6.45, 7) is 0. The number of aryl methyl sites for hydroxylation is 1. The van der Waals surface area contributed by atoms with Crippen molar-refractivity contribution in [3.8, 4) is 28.7 Å². The van der Waals surface area contributed by atoms with Crippen molar-refractivity contribution in [1.29, 1.82) is 0 Å². The van der Waals surface area contributed by atoms with Crippen molar-refractivity contribution < 1.29 is 35.1 Å². The third-order valence-electron chi connectivity index (χ3n) is 6.98. The van der Waals surface area contributed by atoms with Crippen LogP contribution in [0.1, 0.15) is 51.4 Å². The number of methoxy groups -OCH3 is 1. The largest absolute Gasteiger partial charge is 0.508 e. The number of hydrogen-bond donors (Lipinski definition) is 5. The summed E-state index contributed by atoms with van der Waals surface area (Å²) in [5.74, 6) is -1.85. The Bertz CT molecular complexity index is 1540. The van der Waals surface area contributed by atoms with Crippen LogP contribution >= 0.6 is 0 Å². The number of ether oxygens (including phenoxy) is 1. The molecule has 4 aromatic carbocycles. The number of rotatable bonds is 12. The molecule has 0 spiro atoms. The standard InChI is InChI=1S/C35H34O7/c1-42-32-22-31(40)33(35(41)34(32)30(39)21-13-24-11-17-27(37)18-12-24)29(25-14-19-28(38)20-15-25)9-5-8-26(36)16-10-23-6-3-2-4-7-23/h2-7,9,11-15,17-22,26,29,36-38,40-41H,8,10,16H2,1H3/b9-5+,21-13-/t26-,29-/m1/s1. The average molecular weight is 567 g/mol. The Morgan fingerprint density at radius 2 is 1.52 bits per heavy atom. The van der Waals surface area contributed by atoms with Crippen LogP contribution < -0.4 is 4.74 Å². The van der Waals surface area contributed by atoms with Gasteiger partial charge in [-0.3, -0.25) is 4.79 Å². The van der Waals surface area contributed by atoms with E-state index in [1.54, 1.807) is 42.5 Å². The maximum atomic E-state index is 13.3. The molecule has 0 aliphatic heterocycles. The van der Waals surface area contributed by atoms with Gasteiger partial charge >= 0.3 is 0 Å². The molecule has 5 N–H and O–H groups in total. The average Bonchev–Trinajstić information content (AvgIpc) is 2.99. The van der Waals surface area contributed by atoms with Crippen LogP contribution in [0.4, 0.5) is 0 Å². The highest BCUT2D eigenvalue weighted by Crippen LogP contribution is 2.45. The highest BCUT2D eigenvalue weighted by Gasteiger charge is 2.27. The molecule has 0 unspecified atom stereocenters. The first kappa shape index (κ1) is 30.0. The van der Waals surface area contributed by atoms with Gasteiger partial charge in [-0.2, -0.15) is 0 Å². The first-order valence-electron chi connectivity index (χ1n) is 13.6. The molecule has 4 rings (SSSR count). The Labute approximate surface area is 244 Å². The lowest BCUT2D eigenvalue weighted by atomic mass is 9.86. The highest BCUT2D eigenvalue weighted by atomic mass is 16.5. The van der Waals surface area contributed by atoms with Gasteiger partial charge in [0.05, 0.1) is 13.2 Å². The van der Waals surface area contributed by atoms with Gasteiger partial charge in [0.25, 0.3) is 0 Å². The topological polar surface area (TPSA) is 127 Å². The summed E-state index contributed by atoms with van der Waals surface area (Å²) in [6.07, 6.45) is 7.36. The molecule has 42 heavy (non-hydrogen) atoms. The molecule has 0 heterocycles. The van der Waals surface area contributed by atoms with Crippen molar-refractivity contribution in [2.45, 2.75) is 31.3 Å². The normalized spacial score (nSPS) is 12.9. The Balaban J connectivity index is 1.65. The molecule has 0 saturated carbocycles. The zero-order chi connectivity index (χ0) is 30.1. The molecular weight excluding hydrogens is 532 g/mol. The van der Waals surface area contributed by atoms with E-state index in [9.17, 15) is 30.3 Å². The van der Waals surface area contributed by atoms with Crippen molar-refractivity contribution in [3.63, 3.8) is 0 Å². The summed E-state index contributed by atoms with van der Waals surface area (Å²) < 4.78 is 5.34. The van der Waals surface area contributed by atoms with Gasteiger partial charge in [0.2, 0.25) is 0 Å². The summed E-state index contributed by atoms with van der Waals surface area (Å²) in [5, 5.41) is 52.4. The molecule has 0 bridgehead atoms. The van der Waals surface area contributed by atoms with Crippen LogP contribution in [0.2, 0.25) is 0 Å². The van der Waals surface area contributed by atoms with Crippen molar-refractivity contribution in [2.24, 2.45) is 0 Å². The second-order valence-corrected chi connectivity index (χ2v) is 9.94. The van der Waals surface area contributed by atoms with Crippen LogP contribution in [0.3, 0.4) is 0 Å². The third-order valence-corrected chi connectivity index (χ3v) is 6.98. The van der Waals surface area contributed by atoms with E-state index in [4.69, 9.17) is 4.74 Å². The number of aromatic hydroxyl groups is 4. The monoisotopic (exact) mass is 566 g/mol. The lowest BCUT2D eigenvalue weighted by Gasteiger charge is -2.20.